The molecule has 0 amide bonds. The third-order valence-corrected chi connectivity index (χ3v) is 8.35. The number of nitrogens with one attached hydrogen (secondary N) is 2. The molecule has 4 aromatic rings. The summed E-state index contributed by atoms with van der Waals surface area (Å²) in [5, 5.41) is 47.0. The van der Waals surface area contributed by atoms with Crippen LogP contribution < -0.4 is 10.9 Å². The van der Waals surface area contributed by atoms with E-state index in [0.717, 1.165) is 17.9 Å². The zero-order valence-corrected chi connectivity index (χ0v) is 27.4. The number of fused-ring (bicyclic) bond motifs is 1. The van der Waals surface area contributed by atoms with E-state index in [9.17, 15) is 33.1 Å². The van der Waals surface area contributed by atoms with Gasteiger partial charge in [0.1, 0.15) is 15.1 Å². The second-order valence-corrected chi connectivity index (χ2v) is 13.2. The second-order valence-electron chi connectivity index (χ2n) is 10.9. The van der Waals surface area contributed by atoms with Crippen molar-refractivity contribution < 1.29 is 28.3 Å². The Morgan fingerprint density at radius 3 is 2.20 bits per heavy atom. The number of aliphatic hydroxyl groups excluding tert-OH is 2. The van der Waals surface area contributed by atoms with Crippen LogP contribution in [0.15, 0.2) is 56.3 Å². The Bertz CT molecular complexity index is 1860. The maximum atomic E-state index is 12.0. The van der Waals surface area contributed by atoms with E-state index in [2.05, 4.69) is 49.2 Å². The van der Waals surface area contributed by atoms with E-state index >= 15 is 0 Å². The third kappa shape index (κ3) is 10.1. The highest BCUT2D eigenvalue weighted by Crippen LogP contribution is 2.36. The molecule has 0 aliphatic carbocycles. The first-order valence-corrected chi connectivity index (χ1v) is 16.3. The van der Waals surface area contributed by atoms with Gasteiger partial charge in [-0.3, -0.25) is 20.0 Å². The first kappa shape index (κ1) is 36.2. The van der Waals surface area contributed by atoms with Crippen LogP contribution in [0.3, 0.4) is 0 Å². The van der Waals surface area contributed by atoms with E-state index in [1.165, 1.54) is 6.07 Å². The van der Waals surface area contributed by atoms with Gasteiger partial charge in [-0.05, 0) is 62.6 Å². The molecule has 17 heteroatoms. The molecular formula is C29H35N8O7S2-. The summed E-state index contributed by atoms with van der Waals surface area (Å²) >= 11 is 1.08. The van der Waals surface area contributed by atoms with Crippen molar-refractivity contribution in [2.45, 2.75) is 51.7 Å². The van der Waals surface area contributed by atoms with Crippen molar-refractivity contribution in [2.75, 3.05) is 25.0 Å². The number of aliphatic hydroxyl groups is 2. The van der Waals surface area contributed by atoms with Gasteiger partial charge >= 0.3 is 0 Å². The summed E-state index contributed by atoms with van der Waals surface area (Å²) in [4.78, 5) is 24.0. The molecular weight excluding hydrogens is 637 g/mol. The van der Waals surface area contributed by atoms with Crippen molar-refractivity contribution in [1.82, 2.24) is 19.9 Å². The van der Waals surface area contributed by atoms with Gasteiger partial charge in [-0.25, -0.2) is 13.4 Å². The zero-order valence-electron chi connectivity index (χ0n) is 25.8. The van der Waals surface area contributed by atoms with Gasteiger partial charge in [0.15, 0.2) is 6.19 Å². The molecule has 2 aromatic carbocycles. The lowest BCUT2D eigenvalue weighted by Gasteiger charge is -2.26. The number of H-pyrrole nitrogens is 1. The molecule has 2 atom stereocenters. The van der Waals surface area contributed by atoms with Crippen molar-refractivity contribution in [1.29, 1.82) is 5.26 Å². The van der Waals surface area contributed by atoms with Gasteiger partial charge in [0.05, 0.1) is 33.0 Å². The first-order valence-electron chi connectivity index (χ1n) is 14.0. The standard InChI is InChI=1S/C19H13N7O5S2.C10H23NO2/c1-9-2-7-12-14(15(9)33(29,30)31)32-18(22-12)10-3-5-11(6-4-10)25-26-13-16(27)23-19(21-8-20)24-17(13)28;1-8(2)5-11(6-9(3)12)7-10(4)13/h2-7H,1H3,(H,29,30,31)(H3,21,23,24,27,28);8-10,12-13H,5-7H2,1-4H3/p-1. The number of aryl methyl sites for hydroxylation is 1. The van der Waals surface area contributed by atoms with E-state index in [0.29, 0.717) is 51.0 Å². The summed E-state index contributed by atoms with van der Waals surface area (Å²) in [7, 11) is -4.66. The van der Waals surface area contributed by atoms with Crippen LogP contribution in [0.5, 0.6) is 5.88 Å². The zero-order chi connectivity index (χ0) is 34.2. The molecule has 0 saturated carbocycles. The van der Waals surface area contributed by atoms with Crippen LogP contribution in [0.25, 0.3) is 20.8 Å². The smallest absolute Gasteiger partial charge is 0.284 e. The second kappa shape index (κ2) is 15.8. The lowest BCUT2D eigenvalue weighted by Crippen LogP contribution is -2.38. The fourth-order valence-electron chi connectivity index (χ4n) is 4.42. The molecule has 0 radical (unpaired) electrons. The number of aromatic nitrogens is 3. The van der Waals surface area contributed by atoms with Gasteiger partial charge in [-0.15, -0.1) is 16.5 Å². The Kier molecular flexibility index (Phi) is 12.4. The van der Waals surface area contributed by atoms with E-state index in [1.807, 2.05) is 0 Å². The molecule has 4 rings (SSSR count). The monoisotopic (exact) mass is 671 g/mol. The molecule has 15 nitrogen and oxygen atoms in total. The first-order chi connectivity index (χ1) is 21.6. The summed E-state index contributed by atoms with van der Waals surface area (Å²) in [5.41, 5.74) is 0.515. The molecule has 0 bridgehead atoms. The van der Waals surface area contributed by atoms with Gasteiger partial charge in [0.25, 0.3) is 5.56 Å². The van der Waals surface area contributed by atoms with Gasteiger partial charge in [-0.2, -0.15) is 15.4 Å². The number of nitriles is 1. The molecule has 0 fully saturated rings. The minimum absolute atomic E-state index is 0.234. The lowest BCUT2D eigenvalue weighted by atomic mass is 10.2. The van der Waals surface area contributed by atoms with Gasteiger partial charge in [-0.1, -0.05) is 19.9 Å². The minimum atomic E-state index is -4.66. The van der Waals surface area contributed by atoms with Crippen molar-refractivity contribution in [3.8, 4) is 22.6 Å². The predicted octanol–water partition coefficient (Wildman–Crippen LogP) is 3.98. The average molecular weight is 672 g/mol. The Balaban J connectivity index is 0.000000376. The van der Waals surface area contributed by atoms with Gasteiger partial charge in [0, 0.05) is 25.2 Å². The fourth-order valence-corrected chi connectivity index (χ4v) is 6.71. The lowest BCUT2D eigenvalue weighted by molar-refractivity contribution is 0.0769. The third-order valence-electron chi connectivity index (χ3n) is 6.06. The molecule has 5 N–H and O–H groups in total. The van der Waals surface area contributed by atoms with Gasteiger partial charge < -0.3 is 19.9 Å². The number of benzene rings is 2. The molecule has 2 heterocycles. The van der Waals surface area contributed by atoms with Crippen LogP contribution >= 0.6 is 11.3 Å². The van der Waals surface area contributed by atoms with Crippen LogP contribution in [0.2, 0.25) is 0 Å². The Morgan fingerprint density at radius 2 is 1.67 bits per heavy atom. The summed E-state index contributed by atoms with van der Waals surface area (Å²) in [6, 6.07) is 9.66. The van der Waals surface area contributed by atoms with E-state index in [-0.39, 0.29) is 23.1 Å². The molecule has 2 unspecified atom stereocenters. The molecule has 246 valence electrons. The SMILES string of the molecule is CC(C)CN(CC(C)O)CC(C)O.Cc1ccc2nc(-c3ccc(N=Nc4c(O)nc(NC#N)[nH]c4=O)cc3)sc2c1S(=O)(=O)[O-]. The number of hydrogen-bond acceptors (Lipinski definition) is 15. The number of aromatic hydroxyl groups is 1. The maximum absolute atomic E-state index is 12.0. The number of hydrogen-bond donors (Lipinski definition) is 5. The van der Waals surface area contributed by atoms with Crippen LogP contribution in [0, 0.1) is 24.3 Å². The molecule has 2 aromatic heterocycles. The normalized spacial score (nSPS) is 13.1. The Morgan fingerprint density at radius 1 is 1.04 bits per heavy atom. The quantitative estimate of drug-likeness (QED) is 0.0658. The Hall–Kier alpha value is -4.31. The van der Waals surface area contributed by atoms with E-state index in [4.69, 9.17) is 5.26 Å². The van der Waals surface area contributed by atoms with Crippen LogP contribution in [0.4, 0.5) is 17.3 Å². The number of azo groups is 1. The summed E-state index contributed by atoms with van der Waals surface area (Å²) in [6.07, 6.45) is 0.915. The number of rotatable bonds is 11. The van der Waals surface area contributed by atoms with Crippen LogP contribution in [-0.2, 0) is 10.1 Å². The maximum Gasteiger partial charge on any atom is 0.284 e. The van der Waals surface area contributed by atoms with Gasteiger partial charge in [0.2, 0.25) is 17.5 Å². The molecule has 46 heavy (non-hydrogen) atoms. The van der Waals surface area contributed by atoms with Crippen molar-refractivity contribution in [3.63, 3.8) is 0 Å². The molecule has 0 aliphatic heterocycles. The van der Waals surface area contributed by atoms with Crippen molar-refractivity contribution in [3.05, 3.63) is 52.3 Å². The van der Waals surface area contributed by atoms with Crippen molar-refractivity contribution >= 4 is 49.0 Å². The number of nitrogens with zero attached hydrogens (tertiary/aromatic N) is 6. The van der Waals surface area contributed by atoms with E-state index in [1.54, 1.807) is 57.3 Å². The number of anilines is 1. The van der Waals surface area contributed by atoms with Crippen LogP contribution in [-0.4, -0.2) is 80.0 Å². The summed E-state index contributed by atoms with van der Waals surface area (Å²) < 4.78 is 35.3. The highest BCUT2D eigenvalue weighted by Gasteiger charge is 2.17. The largest absolute Gasteiger partial charge is 0.744 e. The predicted molar refractivity (Wildman–Crippen MR) is 172 cm³/mol. The molecule has 0 aliphatic rings. The van der Waals surface area contributed by atoms with E-state index < -0.39 is 27.2 Å². The summed E-state index contributed by atoms with van der Waals surface area (Å²) in [6.45, 7) is 11.6. The topological polar surface area (TPSA) is 240 Å². The minimum Gasteiger partial charge on any atom is -0.744 e. The highest BCUT2D eigenvalue weighted by atomic mass is 32.2. The highest BCUT2D eigenvalue weighted by molar-refractivity contribution is 7.86. The van der Waals surface area contributed by atoms with Crippen molar-refractivity contribution in [2.24, 2.45) is 16.1 Å². The average Bonchev–Trinajstić information content (AvgIpc) is 3.35. The summed E-state index contributed by atoms with van der Waals surface area (Å²) in [5.74, 6) is -0.370. The number of aromatic amines is 1. The van der Waals surface area contributed by atoms with Crippen LogP contribution in [0.1, 0.15) is 33.3 Å². The number of thiazole rings is 1. The Labute approximate surface area is 269 Å². The molecule has 0 saturated heterocycles. The fraction of sp³-hybridized carbons (Fsp3) is 0.379. The molecule has 0 spiro atoms.